The first kappa shape index (κ1) is 33.8. The molecule has 0 aliphatic heterocycles. The van der Waals surface area contributed by atoms with Crippen LogP contribution in [0.15, 0.2) is 66.3 Å². The Morgan fingerprint density at radius 3 is 2.48 bits per heavy atom. The van der Waals surface area contributed by atoms with E-state index in [0.717, 1.165) is 56.1 Å². The van der Waals surface area contributed by atoms with Gasteiger partial charge in [-0.25, -0.2) is 9.36 Å². The Labute approximate surface area is 251 Å². The molecular weight excluding hydrogens is 551 g/mol. The lowest BCUT2D eigenvalue weighted by Crippen LogP contribution is -2.29. The maximum atomic E-state index is 13.6. The number of phenolic OH excluding ortho intramolecular Hbond substituents is 1. The normalized spacial score (nSPS) is 19.0. The molecule has 2 N–H and O–H groups in total. The minimum atomic E-state index is -4.59. The first-order valence-electron chi connectivity index (χ1n) is 15.1. The number of hydrogen-bond acceptors (Lipinski definition) is 6. The number of phosphoric ester groups is 1. The second-order valence-corrected chi connectivity index (χ2v) is 12.8. The number of hydrogen-bond donors (Lipinski definition) is 2. The fraction of sp³-hybridized carbons (Fsp3) is 0.500. The molecule has 3 rings (SSSR count). The van der Waals surface area contributed by atoms with E-state index in [4.69, 9.17) is 13.8 Å². The Morgan fingerprint density at radius 1 is 1.10 bits per heavy atom. The Balaban J connectivity index is 1.93. The number of aryl methyl sites for hydroxylation is 1. The number of rotatable bonds is 16. The molecule has 2 unspecified atom stereocenters. The zero-order valence-corrected chi connectivity index (χ0v) is 26.4. The number of esters is 1. The second-order valence-electron chi connectivity index (χ2n) is 11.4. The average molecular weight is 599 g/mol. The van der Waals surface area contributed by atoms with Gasteiger partial charge in [-0.1, -0.05) is 93.7 Å². The van der Waals surface area contributed by atoms with Gasteiger partial charge in [-0.15, -0.1) is 0 Å². The molecule has 0 saturated carbocycles. The lowest BCUT2D eigenvalue weighted by molar-refractivity contribution is -0.143. The van der Waals surface area contributed by atoms with Crippen LogP contribution in [-0.4, -0.2) is 22.1 Å². The number of ether oxygens (including phenoxy) is 1. The Hall–Kier alpha value is -2.70. The molecule has 0 spiro atoms. The van der Waals surface area contributed by atoms with Gasteiger partial charge in [0.2, 0.25) is 0 Å². The van der Waals surface area contributed by atoms with E-state index in [1.807, 2.05) is 26.0 Å². The summed E-state index contributed by atoms with van der Waals surface area (Å²) in [4.78, 5) is 24.1. The van der Waals surface area contributed by atoms with Gasteiger partial charge in [-0.2, -0.15) is 0 Å². The SMILES string of the molecule is C=C(C)[C@@H]1CCC(C)=C[C@H]1c1c(O)cc(CCCCC)cc1OC(=O)C(CCCC)OP(=O)(O)OCc1ccccc1. The van der Waals surface area contributed by atoms with Gasteiger partial charge in [-0.05, 0) is 75.1 Å². The number of benzene rings is 2. The first-order chi connectivity index (χ1) is 20.0. The highest BCUT2D eigenvalue weighted by molar-refractivity contribution is 7.47. The fourth-order valence-corrected chi connectivity index (χ4v) is 6.30. The first-order valence-corrected chi connectivity index (χ1v) is 16.6. The van der Waals surface area contributed by atoms with E-state index in [1.165, 1.54) is 5.57 Å². The van der Waals surface area contributed by atoms with E-state index in [1.54, 1.807) is 30.3 Å². The Kier molecular flexibility index (Phi) is 13.1. The van der Waals surface area contributed by atoms with Crippen molar-refractivity contribution < 1.29 is 33.1 Å². The summed E-state index contributed by atoms with van der Waals surface area (Å²) < 4.78 is 29.5. The lowest BCUT2D eigenvalue weighted by Gasteiger charge is -2.32. The van der Waals surface area contributed by atoms with Crippen LogP contribution < -0.4 is 4.74 Å². The molecule has 2 aromatic carbocycles. The lowest BCUT2D eigenvalue weighted by atomic mass is 9.73. The summed E-state index contributed by atoms with van der Waals surface area (Å²) in [5.74, 6) is -0.636. The van der Waals surface area contributed by atoms with E-state index in [-0.39, 0.29) is 36.4 Å². The van der Waals surface area contributed by atoms with Crippen molar-refractivity contribution in [3.05, 3.63) is 83.0 Å². The predicted octanol–water partition coefficient (Wildman–Crippen LogP) is 8.94. The Bertz CT molecular complexity index is 1270. The number of carbonyl (C=O) groups excluding carboxylic acids is 1. The molecule has 8 heteroatoms. The van der Waals surface area contributed by atoms with Crippen molar-refractivity contribution in [1.29, 1.82) is 0 Å². The van der Waals surface area contributed by atoms with Gasteiger partial charge in [0.1, 0.15) is 11.5 Å². The molecule has 1 aliphatic carbocycles. The molecule has 7 nitrogen and oxygen atoms in total. The van der Waals surface area contributed by atoms with Crippen molar-refractivity contribution in [2.24, 2.45) is 5.92 Å². The minimum absolute atomic E-state index is 0.0686. The second kappa shape index (κ2) is 16.2. The monoisotopic (exact) mass is 598 g/mol. The van der Waals surface area contributed by atoms with E-state index >= 15 is 0 Å². The smallest absolute Gasteiger partial charge is 0.473 e. The van der Waals surface area contributed by atoms with Gasteiger partial charge in [0, 0.05) is 11.5 Å². The third-order valence-corrected chi connectivity index (χ3v) is 8.73. The number of aromatic hydroxyl groups is 1. The van der Waals surface area contributed by atoms with Crippen LogP contribution in [0.5, 0.6) is 11.5 Å². The summed E-state index contributed by atoms with van der Waals surface area (Å²) >= 11 is 0. The number of phosphoric acid groups is 1. The zero-order chi connectivity index (χ0) is 30.7. The molecule has 42 heavy (non-hydrogen) atoms. The summed E-state index contributed by atoms with van der Waals surface area (Å²) in [7, 11) is -4.59. The standard InChI is InChI=1S/C34H47O7P/c1-6-8-11-16-27-21-30(35)33(29-20-25(5)18-19-28(29)24(3)4)32(22-27)40-34(36)31(17-9-7-2)41-42(37,38)39-23-26-14-12-10-13-15-26/h10,12-15,20-22,28-29,31,35H,3,6-9,11,16-19,23H2,1-2,4-5H3,(H,37,38)/t28-,29+,31?/m0/s1. The van der Waals surface area contributed by atoms with Crippen molar-refractivity contribution in [3.63, 3.8) is 0 Å². The molecule has 1 aliphatic rings. The van der Waals surface area contributed by atoms with Crippen LogP contribution in [0.4, 0.5) is 0 Å². The summed E-state index contributed by atoms with van der Waals surface area (Å²) in [5.41, 5.74) is 4.28. The van der Waals surface area contributed by atoms with E-state index in [0.29, 0.717) is 17.5 Å². The highest BCUT2D eigenvalue weighted by Gasteiger charge is 2.35. The molecule has 0 aromatic heterocycles. The molecule has 0 radical (unpaired) electrons. The minimum Gasteiger partial charge on any atom is -0.507 e. The van der Waals surface area contributed by atoms with Gasteiger partial charge in [0.25, 0.3) is 0 Å². The topological polar surface area (TPSA) is 102 Å². The maximum Gasteiger partial charge on any atom is 0.473 e. The van der Waals surface area contributed by atoms with Crippen LogP contribution in [0.1, 0.15) is 102 Å². The van der Waals surface area contributed by atoms with E-state index in [9.17, 15) is 19.4 Å². The third-order valence-electron chi connectivity index (χ3n) is 7.75. The van der Waals surface area contributed by atoms with Crippen molar-refractivity contribution in [2.45, 2.75) is 104 Å². The molecular formula is C34H47O7P. The van der Waals surface area contributed by atoms with Crippen LogP contribution in [0.2, 0.25) is 0 Å². The third kappa shape index (κ3) is 9.95. The zero-order valence-electron chi connectivity index (χ0n) is 25.5. The van der Waals surface area contributed by atoms with Crippen LogP contribution >= 0.6 is 7.82 Å². The van der Waals surface area contributed by atoms with Crippen LogP contribution in [-0.2, 0) is 31.4 Å². The summed E-state index contributed by atoms with van der Waals surface area (Å²) in [5, 5.41) is 11.3. The van der Waals surface area contributed by atoms with Crippen LogP contribution in [0, 0.1) is 5.92 Å². The van der Waals surface area contributed by atoms with Crippen molar-refractivity contribution >= 4 is 13.8 Å². The van der Waals surface area contributed by atoms with Gasteiger partial charge >= 0.3 is 13.8 Å². The molecule has 0 amide bonds. The number of unbranched alkanes of at least 4 members (excludes halogenated alkanes) is 3. The van der Waals surface area contributed by atoms with Crippen molar-refractivity contribution in [1.82, 2.24) is 0 Å². The van der Waals surface area contributed by atoms with E-state index in [2.05, 4.69) is 26.5 Å². The maximum absolute atomic E-state index is 13.6. The number of carbonyl (C=O) groups is 1. The molecule has 0 heterocycles. The van der Waals surface area contributed by atoms with Gasteiger partial charge < -0.3 is 14.7 Å². The van der Waals surface area contributed by atoms with Gasteiger partial charge in [0.05, 0.1) is 6.61 Å². The van der Waals surface area contributed by atoms with Crippen LogP contribution in [0.3, 0.4) is 0 Å². The number of phenols is 1. The Morgan fingerprint density at radius 2 is 1.81 bits per heavy atom. The highest BCUT2D eigenvalue weighted by Crippen LogP contribution is 2.48. The average Bonchev–Trinajstić information content (AvgIpc) is 2.94. The summed E-state index contributed by atoms with van der Waals surface area (Å²) in [6.45, 7) is 12.2. The summed E-state index contributed by atoms with van der Waals surface area (Å²) in [6, 6.07) is 12.6. The molecule has 4 atom stereocenters. The summed E-state index contributed by atoms with van der Waals surface area (Å²) in [6.07, 6.45) is 7.88. The molecule has 0 saturated heterocycles. The van der Waals surface area contributed by atoms with Gasteiger partial charge in [-0.3, -0.25) is 9.05 Å². The molecule has 0 bridgehead atoms. The molecule has 230 valence electrons. The number of allylic oxidation sites excluding steroid dienone is 3. The molecule has 2 aromatic rings. The highest BCUT2D eigenvalue weighted by atomic mass is 31.2. The van der Waals surface area contributed by atoms with Gasteiger partial charge in [0.15, 0.2) is 6.10 Å². The molecule has 0 fully saturated rings. The van der Waals surface area contributed by atoms with Crippen molar-refractivity contribution in [3.8, 4) is 11.5 Å². The quantitative estimate of drug-likeness (QED) is 0.0654. The van der Waals surface area contributed by atoms with E-state index < -0.39 is 19.9 Å². The fourth-order valence-electron chi connectivity index (χ4n) is 5.42. The van der Waals surface area contributed by atoms with Crippen LogP contribution in [0.25, 0.3) is 0 Å². The predicted molar refractivity (Wildman–Crippen MR) is 166 cm³/mol. The van der Waals surface area contributed by atoms with Crippen molar-refractivity contribution in [2.75, 3.05) is 0 Å². The largest absolute Gasteiger partial charge is 0.507 e.